The van der Waals surface area contributed by atoms with E-state index in [4.69, 9.17) is 0 Å². The number of anilines is 1. The molecule has 0 saturated heterocycles. The van der Waals surface area contributed by atoms with Crippen molar-refractivity contribution in [3.63, 3.8) is 0 Å². The lowest BCUT2D eigenvalue weighted by atomic mass is 10.3. The molecule has 3 aromatic rings. The Balaban J connectivity index is 1.73. The summed E-state index contributed by atoms with van der Waals surface area (Å²) in [4.78, 5) is 16.4. The van der Waals surface area contributed by atoms with Crippen molar-refractivity contribution < 1.29 is 4.79 Å². The highest BCUT2D eigenvalue weighted by molar-refractivity contribution is 7.13. The first-order valence-corrected chi connectivity index (χ1v) is 7.83. The molecular formula is C15H15N5OS. The molecular weight excluding hydrogens is 298 g/mol. The molecule has 0 atom stereocenters. The van der Waals surface area contributed by atoms with Gasteiger partial charge in [0.15, 0.2) is 0 Å². The monoisotopic (exact) mass is 313 g/mol. The number of carbonyl (C=O) groups is 1. The summed E-state index contributed by atoms with van der Waals surface area (Å²) in [5.74, 6) is 0.481. The van der Waals surface area contributed by atoms with Gasteiger partial charge in [-0.25, -0.2) is 0 Å². The highest BCUT2D eigenvalue weighted by Gasteiger charge is 2.16. The number of nitrogens with zero attached hydrogens (tertiary/aromatic N) is 5. The van der Waals surface area contributed by atoms with E-state index in [2.05, 4.69) is 15.4 Å². The van der Waals surface area contributed by atoms with E-state index in [0.29, 0.717) is 12.4 Å². The van der Waals surface area contributed by atoms with Gasteiger partial charge in [-0.05, 0) is 35.7 Å². The molecule has 0 saturated carbocycles. The van der Waals surface area contributed by atoms with Gasteiger partial charge in [0, 0.05) is 12.2 Å². The average molecular weight is 313 g/mol. The van der Waals surface area contributed by atoms with Crippen LogP contribution in [0.15, 0.2) is 47.8 Å². The molecule has 0 spiro atoms. The second kappa shape index (κ2) is 6.48. The van der Waals surface area contributed by atoms with Gasteiger partial charge in [-0.3, -0.25) is 4.79 Å². The normalized spacial score (nSPS) is 10.6. The van der Waals surface area contributed by atoms with Crippen LogP contribution in [0.4, 0.5) is 5.69 Å². The molecule has 112 valence electrons. The van der Waals surface area contributed by atoms with E-state index in [9.17, 15) is 4.79 Å². The van der Waals surface area contributed by atoms with Crippen molar-refractivity contribution >= 4 is 22.9 Å². The summed E-state index contributed by atoms with van der Waals surface area (Å²) >= 11 is 1.54. The number of hydrogen-bond donors (Lipinski definition) is 0. The minimum Gasteiger partial charge on any atom is -0.311 e. The van der Waals surface area contributed by atoms with Crippen LogP contribution in [0.2, 0.25) is 0 Å². The highest BCUT2D eigenvalue weighted by Crippen LogP contribution is 2.19. The first-order valence-electron chi connectivity index (χ1n) is 6.95. The lowest BCUT2D eigenvalue weighted by Crippen LogP contribution is -2.34. The van der Waals surface area contributed by atoms with Crippen LogP contribution in [0, 0.1) is 0 Å². The minimum atomic E-state index is -0.0659. The molecule has 3 rings (SSSR count). The maximum Gasteiger partial charge on any atom is 0.250 e. The third kappa shape index (κ3) is 3.04. The highest BCUT2D eigenvalue weighted by atomic mass is 32.1. The Labute approximate surface area is 132 Å². The molecule has 0 bridgehead atoms. The second-order valence-electron chi connectivity index (χ2n) is 4.59. The molecule has 0 N–H and O–H groups in total. The maximum absolute atomic E-state index is 12.4. The molecule has 2 heterocycles. The topological polar surface area (TPSA) is 63.9 Å². The number of likely N-dealkylation sites (N-methyl/N-ethyl adjacent to an activating group) is 1. The van der Waals surface area contributed by atoms with Crippen molar-refractivity contribution in [2.75, 3.05) is 11.4 Å². The average Bonchev–Trinajstić information content (AvgIpc) is 3.20. The summed E-state index contributed by atoms with van der Waals surface area (Å²) in [6.07, 6.45) is 0. The number of amides is 1. The van der Waals surface area contributed by atoms with Crippen molar-refractivity contribution in [1.82, 2.24) is 20.2 Å². The van der Waals surface area contributed by atoms with Crippen LogP contribution >= 0.6 is 11.3 Å². The number of aromatic nitrogens is 4. The van der Waals surface area contributed by atoms with E-state index in [1.807, 2.05) is 54.8 Å². The van der Waals surface area contributed by atoms with Crippen LogP contribution in [-0.4, -0.2) is 32.7 Å². The lowest BCUT2D eigenvalue weighted by molar-refractivity contribution is -0.119. The zero-order valence-corrected chi connectivity index (χ0v) is 12.9. The van der Waals surface area contributed by atoms with Crippen LogP contribution in [0.25, 0.3) is 10.7 Å². The van der Waals surface area contributed by atoms with Crippen LogP contribution in [0.3, 0.4) is 0 Å². The smallest absolute Gasteiger partial charge is 0.250 e. The van der Waals surface area contributed by atoms with Gasteiger partial charge in [0.2, 0.25) is 5.82 Å². The number of benzene rings is 1. The molecule has 0 aliphatic carbocycles. The quantitative estimate of drug-likeness (QED) is 0.726. The standard InChI is InChI=1S/C15H15N5OS/c1-2-19(12-7-4-3-5-8-12)14(21)11-20-17-15(16-18-20)13-9-6-10-22-13/h3-10H,2,11H2,1H3. The molecule has 0 aliphatic heterocycles. The van der Waals surface area contributed by atoms with Crippen LogP contribution in [0.1, 0.15) is 6.92 Å². The molecule has 0 radical (unpaired) electrons. The van der Waals surface area contributed by atoms with Crippen LogP contribution < -0.4 is 4.90 Å². The number of carbonyl (C=O) groups excluding carboxylic acids is 1. The summed E-state index contributed by atoms with van der Waals surface area (Å²) < 4.78 is 0. The van der Waals surface area contributed by atoms with Gasteiger partial charge in [0.05, 0.1) is 4.88 Å². The molecule has 0 fully saturated rings. The van der Waals surface area contributed by atoms with Crippen LogP contribution in [0.5, 0.6) is 0 Å². The van der Waals surface area contributed by atoms with Crippen molar-refractivity contribution in [2.24, 2.45) is 0 Å². The van der Waals surface area contributed by atoms with Gasteiger partial charge in [-0.2, -0.15) is 4.80 Å². The van der Waals surface area contributed by atoms with E-state index in [1.165, 1.54) is 4.80 Å². The van der Waals surface area contributed by atoms with E-state index < -0.39 is 0 Å². The summed E-state index contributed by atoms with van der Waals surface area (Å²) in [5.41, 5.74) is 0.869. The Morgan fingerprint density at radius 2 is 2.05 bits per heavy atom. The van der Waals surface area contributed by atoms with Crippen molar-refractivity contribution in [1.29, 1.82) is 0 Å². The first kappa shape index (κ1) is 14.4. The molecule has 0 unspecified atom stereocenters. The van der Waals surface area contributed by atoms with E-state index in [-0.39, 0.29) is 12.5 Å². The summed E-state index contributed by atoms with van der Waals surface area (Å²) in [5, 5.41) is 14.2. The molecule has 22 heavy (non-hydrogen) atoms. The van der Waals surface area contributed by atoms with Gasteiger partial charge in [-0.1, -0.05) is 24.3 Å². The zero-order valence-electron chi connectivity index (χ0n) is 12.1. The Hall–Kier alpha value is -2.54. The van der Waals surface area contributed by atoms with E-state index in [1.54, 1.807) is 16.2 Å². The molecule has 1 amide bonds. The van der Waals surface area contributed by atoms with E-state index in [0.717, 1.165) is 10.6 Å². The van der Waals surface area contributed by atoms with Crippen LogP contribution in [-0.2, 0) is 11.3 Å². The van der Waals surface area contributed by atoms with Crippen molar-refractivity contribution in [2.45, 2.75) is 13.5 Å². The Morgan fingerprint density at radius 3 is 2.73 bits per heavy atom. The predicted molar refractivity (Wildman–Crippen MR) is 85.6 cm³/mol. The number of para-hydroxylation sites is 1. The molecule has 1 aromatic carbocycles. The van der Waals surface area contributed by atoms with Gasteiger partial charge < -0.3 is 4.90 Å². The molecule has 2 aromatic heterocycles. The van der Waals surface area contributed by atoms with Gasteiger partial charge >= 0.3 is 0 Å². The maximum atomic E-state index is 12.4. The SMILES string of the molecule is CCN(C(=O)Cn1nnc(-c2cccs2)n1)c1ccccc1. The van der Waals surface area contributed by atoms with Crippen molar-refractivity contribution in [3.8, 4) is 10.7 Å². The summed E-state index contributed by atoms with van der Waals surface area (Å²) in [6, 6.07) is 13.4. The van der Waals surface area contributed by atoms with Gasteiger partial charge in [0.1, 0.15) is 6.54 Å². The lowest BCUT2D eigenvalue weighted by Gasteiger charge is -2.20. The first-order chi connectivity index (χ1) is 10.8. The fourth-order valence-electron chi connectivity index (χ4n) is 2.13. The predicted octanol–water partition coefficient (Wildman–Crippen LogP) is 2.45. The molecule has 7 heteroatoms. The third-order valence-corrected chi connectivity index (χ3v) is 4.02. The largest absolute Gasteiger partial charge is 0.311 e. The summed E-state index contributed by atoms with van der Waals surface area (Å²) in [6.45, 7) is 2.60. The van der Waals surface area contributed by atoms with Crippen molar-refractivity contribution in [3.05, 3.63) is 47.8 Å². The van der Waals surface area contributed by atoms with Gasteiger partial charge in [0.25, 0.3) is 5.91 Å². The second-order valence-corrected chi connectivity index (χ2v) is 5.54. The number of hydrogen-bond acceptors (Lipinski definition) is 5. The van der Waals surface area contributed by atoms with E-state index >= 15 is 0 Å². The van der Waals surface area contributed by atoms with Gasteiger partial charge in [-0.15, -0.1) is 21.5 Å². The number of tetrazole rings is 1. The Bertz CT molecular complexity index is 738. The Morgan fingerprint density at radius 1 is 1.23 bits per heavy atom. The third-order valence-electron chi connectivity index (χ3n) is 3.16. The number of rotatable bonds is 5. The number of thiophene rings is 1. The fourth-order valence-corrected chi connectivity index (χ4v) is 2.78. The minimum absolute atomic E-state index is 0.0659. The fraction of sp³-hybridized carbons (Fsp3) is 0.200. The Kier molecular flexibility index (Phi) is 4.24. The summed E-state index contributed by atoms with van der Waals surface area (Å²) in [7, 11) is 0. The molecule has 0 aliphatic rings. The zero-order chi connectivity index (χ0) is 15.4. The molecule has 6 nitrogen and oxygen atoms in total.